The van der Waals surface area contributed by atoms with E-state index in [0.717, 1.165) is 24.4 Å². The van der Waals surface area contributed by atoms with E-state index in [1.54, 1.807) is 6.07 Å². The fourth-order valence-corrected chi connectivity index (χ4v) is 3.23. The minimum absolute atomic E-state index is 0.143. The van der Waals surface area contributed by atoms with Crippen LogP contribution in [0.5, 0.6) is 5.75 Å². The third kappa shape index (κ3) is 3.94. The Balaban J connectivity index is 1.89. The van der Waals surface area contributed by atoms with Gasteiger partial charge < -0.3 is 9.64 Å². The second-order valence-electron chi connectivity index (χ2n) is 6.83. The molecule has 0 aromatic heterocycles. The first-order valence-corrected chi connectivity index (χ1v) is 8.37. The second-order valence-corrected chi connectivity index (χ2v) is 6.83. The number of halogens is 1. The average Bonchev–Trinajstić information content (AvgIpc) is 2.69. The van der Waals surface area contributed by atoms with Crippen molar-refractivity contribution in [1.82, 2.24) is 9.80 Å². The van der Waals surface area contributed by atoms with Crippen LogP contribution in [0.3, 0.4) is 0 Å². The van der Waals surface area contributed by atoms with E-state index in [4.69, 9.17) is 4.74 Å². The van der Waals surface area contributed by atoms with Gasteiger partial charge in [0.1, 0.15) is 18.2 Å². The highest BCUT2D eigenvalue weighted by Gasteiger charge is 2.26. The SMILES string of the molecule is Cc1ccc2c(c1)CN(Cc1ccccc1F)[C@H](CN(C)C)CO2. The van der Waals surface area contributed by atoms with Crippen molar-refractivity contribution in [1.29, 1.82) is 0 Å². The van der Waals surface area contributed by atoms with E-state index in [9.17, 15) is 4.39 Å². The Hall–Kier alpha value is -1.91. The summed E-state index contributed by atoms with van der Waals surface area (Å²) in [4.78, 5) is 4.48. The maximum atomic E-state index is 14.1. The van der Waals surface area contributed by atoms with Crippen LogP contribution in [-0.2, 0) is 13.1 Å². The number of aryl methyl sites for hydroxylation is 1. The monoisotopic (exact) mass is 328 g/mol. The van der Waals surface area contributed by atoms with E-state index in [-0.39, 0.29) is 11.9 Å². The highest BCUT2D eigenvalue weighted by Crippen LogP contribution is 2.27. The topological polar surface area (TPSA) is 15.7 Å². The smallest absolute Gasteiger partial charge is 0.127 e. The molecule has 0 bridgehead atoms. The molecule has 0 radical (unpaired) electrons. The zero-order valence-electron chi connectivity index (χ0n) is 14.6. The Bertz CT molecular complexity index is 702. The molecule has 1 aliphatic rings. The Morgan fingerprint density at radius 3 is 2.75 bits per heavy atom. The number of nitrogens with zero attached hydrogens (tertiary/aromatic N) is 2. The Labute approximate surface area is 143 Å². The van der Waals surface area contributed by atoms with Crippen LogP contribution in [0.1, 0.15) is 16.7 Å². The number of hydrogen-bond acceptors (Lipinski definition) is 3. The predicted octanol–water partition coefficient (Wildman–Crippen LogP) is 3.46. The van der Waals surface area contributed by atoms with Gasteiger partial charge in [0.2, 0.25) is 0 Å². The molecule has 0 aliphatic carbocycles. The number of ether oxygens (including phenoxy) is 1. The van der Waals surface area contributed by atoms with Crippen molar-refractivity contribution in [2.45, 2.75) is 26.1 Å². The fraction of sp³-hybridized carbons (Fsp3) is 0.400. The van der Waals surface area contributed by atoms with Crippen LogP contribution in [-0.4, -0.2) is 43.1 Å². The van der Waals surface area contributed by atoms with Gasteiger partial charge in [-0.05, 0) is 33.2 Å². The number of benzene rings is 2. The molecule has 128 valence electrons. The molecule has 2 aromatic rings. The lowest BCUT2D eigenvalue weighted by atomic mass is 10.1. The van der Waals surface area contributed by atoms with Crippen LogP contribution in [0.2, 0.25) is 0 Å². The van der Waals surface area contributed by atoms with Crippen molar-refractivity contribution < 1.29 is 9.13 Å². The Morgan fingerprint density at radius 1 is 1.21 bits per heavy atom. The lowest BCUT2D eigenvalue weighted by Gasteiger charge is -2.31. The predicted molar refractivity (Wildman–Crippen MR) is 94.7 cm³/mol. The van der Waals surface area contributed by atoms with Gasteiger partial charge in [0.05, 0.1) is 6.04 Å². The Morgan fingerprint density at radius 2 is 2.00 bits per heavy atom. The van der Waals surface area contributed by atoms with Crippen LogP contribution in [0.25, 0.3) is 0 Å². The summed E-state index contributed by atoms with van der Waals surface area (Å²) in [5, 5.41) is 0. The number of likely N-dealkylation sites (N-methyl/N-ethyl adjacent to an activating group) is 1. The van der Waals surface area contributed by atoms with Crippen molar-refractivity contribution >= 4 is 0 Å². The summed E-state index contributed by atoms with van der Waals surface area (Å²) in [7, 11) is 4.12. The van der Waals surface area contributed by atoms with Crippen molar-refractivity contribution in [2.24, 2.45) is 0 Å². The first-order valence-electron chi connectivity index (χ1n) is 8.37. The molecule has 4 heteroatoms. The quantitative estimate of drug-likeness (QED) is 0.855. The summed E-state index contributed by atoms with van der Waals surface area (Å²) < 4.78 is 20.2. The lowest BCUT2D eigenvalue weighted by molar-refractivity contribution is 0.112. The fourth-order valence-electron chi connectivity index (χ4n) is 3.23. The van der Waals surface area contributed by atoms with E-state index in [1.807, 2.05) is 18.2 Å². The largest absolute Gasteiger partial charge is 0.492 e. The van der Waals surface area contributed by atoms with E-state index in [1.165, 1.54) is 17.2 Å². The van der Waals surface area contributed by atoms with Gasteiger partial charge in [-0.15, -0.1) is 0 Å². The molecule has 0 spiro atoms. The van der Waals surface area contributed by atoms with Gasteiger partial charge >= 0.3 is 0 Å². The maximum Gasteiger partial charge on any atom is 0.127 e. The van der Waals surface area contributed by atoms with Crippen molar-refractivity contribution in [2.75, 3.05) is 27.2 Å². The molecule has 0 N–H and O–H groups in total. The number of fused-ring (bicyclic) bond motifs is 1. The third-order valence-corrected chi connectivity index (χ3v) is 4.44. The maximum absolute atomic E-state index is 14.1. The van der Waals surface area contributed by atoms with Gasteiger partial charge in [0.25, 0.3) is 0 Å². The molecular formula is C20H25FN2O. The molecular weight excluding hydrogens is 303 g/mol. The highest BCUT2D eigenvalue weighted by molar-refractivity contribution is 5.37. The number of rotatable bonds is 4. The van der Waals surface area contributed by atoms with Gasteiger partial charge in [-0.1, -0.05) is 35.9 Å². The summed E-state index contributed by atoms with van der Waals surface area (Å²) >= 11 is 0. The van der Waals surface area contributed by atoms with Crippen molar-refractivity contribution in [3.63, 3.8) is 0 Å². The van der Waals surface area contributed by atoms with Crippen LogP contribution in [0.15, 0.2) is 42.5 Å². The summed E-state index contributed by atoms with van der Waals surface area (Å²) in [6.07, 6.45) is 0. The molecule has 3 rings (SSSR count). The summed E-state index contributed by atoms with van der Waals surface area (Å²) in [5.41, 5.74) is 3.12. The first kappa shape index (κ1) is 16.9. The van der Waals surface area contributed by atoms with Crippen LogP contribution in [0, 0.1) is 12.7 Å². The van der Waals surface area contributed by atoms with Gasteiger partial charge in [-0.3, -0.25) is 4.90 Å². The molecule has 0 saturated heterocycles. The van der Waals surface area contributed by atoms with Crippen LogP contribution >= 0.6 is 0 Å². The third-order valence-electron chi connectivity index (χ3n) is 4.44. The minimum Gasteiger partial charge on any atom is -0.492 e. The highest BCUT2D eigenvalue weighted by atomic mass is 19.1. The van der Waals surface area contributed by atoms with Crippen LogP contribution in [0.4, 0.5) is 4.39 Å². The normalized spacial score (nSPS) is 18.1. The van der Waals surface area contributed by atoms with Gasteiger partial charge in [0.15, 0.2) is 0 Å². The average molecular weight is 328 g/mol. The zero-order chi connectivity index (χ0) is 17.1. The zero-order valence-corrected chi connectivity index (χ0v) is 14.6. The van der Waals surface area contributed by atoms with Crippen molar-refractivity contribution in [3.8, 4) is 5.75 Å². The Kier molecular flexibility index (Phi) is 5.17. The second kappa shape index (κ2) is 7.32. The molecule has 0 saturated carbocycles. The van der Waals surface area contributed by atoms with E-state index >= 15 is 0 Å². The molecule has 1 heterocycles. The molecule has 24 heavy (non-hydrogen) atoms. The minimum atomic E-state index is -0.143. The van der Waals surface area contributed by atoms with E-state index < -0.39 is 0 Å². The molecule has 0 amide bonds. The van der Waals surface area contributed by atoms with Gasteiger partial charge in [-0.25, -0.2) is 4.39 Å². The lowest BCUT2D eigenvalue weighted by Crippen LogP contribution is -2.43. The number of hydrogen-bond donors (Lipinski definition) is 0. The summed E-state index contributed by atoms with van der Waals surface area (Å²) in [6, 6.07) is 13.5. The van der Waals surface area contributed by atoms with Crippen molar-refractivity contribution in [3.05, 3.63) is 65.0 Å². The molecule has 2 aromatic carbocycles. The molecule has 0 fully saturated rings. The standard InChI is InChI=1S/C20H25FN2O/c1-15-8-9-20-17(10-15)12-23(18(14-24-20)13-22(2)3)11-16-6-4-5-7-19(16)21/h4-10,18H,11-14H2,1-3H3/t18-/m1/s1. The molecule has 1 atom stereocenters. The van der Waals surface area contributed by atoms with Gasteiger partial charge in [-0.2, -0.15) is 0 Å². The van der Waals surface area contributed by atoms with E-state index in [0.29, 0.717) is 13.2 Å². The molecule has 0 unspecified atom stereocenters. The van der Waals surface area contributed by atoms with Crippen LogP contribution < -0.4 is 4.74 Å². The summed E-state index contributed by atoms with van der Waals surface area (Å²) in [6.45, 7) is 4.93. The molecule has 1 aliphatic heterocycles. The first-order chi connectivity index (χ1) is 11.5. The van der Waals surface area contributed by atoms with Gasteiger partial charge in [0, 0.05) is 30.8 Å². The molecule has 3 nitrogen and oxygen atoms in total. The summed E-state index contributed by atoms with van der Waals surface area (Å²) in [5.74, 6) is 0.802. The van der Waals surface area contributed by atoms with E-state index in [2.05, 4.69) is 43.0 Å².